The van der Waals surface area contributed by atoms with E-state index in [2.05, 4.69) is 10.0 Å². The molecule has 1 amide bonds. The number of benzene rings is 3. The Labute approximate surface area is 187 Å². The van der Waals surface area contributed by atoms with Crippen LogP contribution in [-0.2, 0) is 14.8 Å². The molecule has 3 aromatic carbocycles. The van der Waals surface area contributed by atoms with Gasteiger partial charge in [-0.1, -0.05) is 12.1 Å². The molecule has 3 aromatic rings. The van der Waals surface area contributed by atoms with Gasteiger partial charge in [-0.15, -0.1) is 11.8 Å². The molecule has 2 N–H and O–H groups in total. The summed E-state index contributed by atoms with van der Waals surface area (Å²) in [5, 5.41) is 2.78. The SMILES string of the molecule is CSc1cccc(NC(=O)COc2ccc(S(=O)(=O)Nc3cc(C)cc(C)c3)cc2)c1. The number of carbonyl (C=O) groups excluding carboxylic acids is 1. The molecule has 0 unspecified atom stereocenters. The monoisotopic (exact) mass is 456 g/mol. The van der Waals surface area contributed by atoms with Crippen molar-refractivity contribution in [2.45, 2.75) is 23.6 Å². The third kappa shape index (κ3) is 6.50. The van der Waals surface area contributed by atoms with E-state index in [1.54, 1.807) is 30.0 Å². The van der Waals surface area contributed by atoms with Crippen LogP contribution >= 0.6 is 11.8 Å². The summed E-state index contributed by atoms with van der Waals surface area (Å²) < 4.78 is 33.3. The fourth-order valence-corrected chi connectivity index (χ4v) is 4.51. The molecular formula is C23H24N2O4S2. The summed E-state index contributed by atoms with van der Waals surface area (Å²) in [4.78, 5) is 13.3. The zero-order valence-corrected chi connectivity index (χ0v) is 19.1. The molecule has 0 fully saturated rings. The van der Waals surface area contributed by atoms with Gasteiger partial charge in [-0.2, -0.15) is 0 Å². The second kappa shape index (κ2) is 9.89. The van der Waals surface area contributed by atoms with Crippen molar-refractivity contribution < 1.29 is 17.9 Å². The standard InChI is InChI=1S/C23H24N2O4S2/c1-16-11-17(2)13-19(12-16)25-31(27,28)22-9-7-20(8-10-22)29-15-23(26)24-18-5-4-6-21(14-18)30-3/h4-14,25H,15H2,1-3H3,(H,24,26). The minimum atomic E-state index is -3.73. The molecule has 6 nitrogen and oxygen atoms in total. The number of hydrogen-bond acceptors (Lipinski definition) is 5. The highest BCUT2D eigenvalue weighted by Crippen LogP contribution is 2.22. The van der Waals surface area contributed by atoms with E-state index >= 15 is 0 Å². The quantitative estimate of drug-likeness (QED) is 0.474. The molecule has 0 saturated carbocycles. The molecule has 0 aromatic heterocycles. The summed E-state index contributed by atoms with van der Waals surface area (Å²) >= 11 is 1.59. The number of anilines is 2. The van der Waals surface area contributed by atoms with E-state index in [0.29, 0.717) is 17.1 Å². The maximum Gasteiger partial charge on any atom is 0.262 e. The van der Waals surface area contributed by atoms with Crippen LogP contribution in [-0.4, -0.2) is 27.2 Å². The van der Waals surface area contributed by atoms with Crippen LogP contribution in [0.25, 0.3) is 0 Å². The van der Waals surface area contributed by atoms with Crippen molar-refractivity contribution in [3.63, 3.8) is 0 Å². The highest BCUT2D eigenvalue weighted by molar-refractivity contribution is 7.98. The lowest BCUT2D eigenvalue weighted by atomic mass is 10.1. The second-order valence-electron chi connectivity index (χ2n) is 7.02. The van der Waals surface area contributed by atoms with Crippen molar-refractivity contribution in [1.29, 1.82) is 0 Å². The number of hydrogen-bond donors (Lipinski definition) is 2. The summed E-state index contributed by atoms with van der Waals surface area (Å²) in [5.74, 6) is 0.102. The van der Waals surface area contributed by atoms with Gasteiger partial charge in [-0.25, -0.2) is 8.42 Å². The molecule has 0 bridgehead atoms. The predicted molar refractivity (Wildman–Crippen MR) is 126 cm³/mol. The van der Waals surface area contributed by atoms with Gasteiger partial charge in [0.1, 0.15) is 5.75 Å². The Bertz CT molecular complexity index is 1160. The normalized spacial score (nSPS) is 11.1. The van der Waals surface area contributed by atoms with Gasteiger partial charge in [-0.05, 0) is 85.8 Å². The van der Waals surface area contributed by atoms with Crippen LogP contribution in [0.3, 0.4) is 0 Å². The molecule has 0 atom stereocenters. The number of ether oxygens (including phenoxy) is 1. The second-order valence-corrected chi connectivity index (χ2v) is 9.58. The summed E-state index contributed by atoms with van der Waals surface area (Å²) in [6.07, 6.45) is 1.96. The van der Waals surface area contributed by atoms with E-state index in [0.717, 1.165) is 16.0 Å². The number of sulfonamides is 1. The van der Waals surface area contributed by atoms with Crippen molar-refractivity contribution in [2.75, 3.05) is 22.9 Å². The van der Waals surface area contributed by atoms with E-state index in [-0.39, 0.29) is 17.4 Å². The van der Waals surface area contributed by atoms with Crippen LogP contribution in [0.5, 0.6) is 5.75 Å². The first-order valence-corrected chi connectivity index (χ1v) is 12.2. The van der Waals surface area contributed by atoms with Crippen LogP contribution in [0.15, 0.2) is 76.5 Å². The highest BCUT2D eigenvalue weighted by atomic mass is 32.2. The van der Waals surface area contributed by atoms with E-state index in [1.165, 1.54) is 24.3 Å². The number of thioether (sulfide) groups is 1. The van der Waals surface area contributed by atoms with Crippen molar-refractivity contribution in [1.82, 2.24) is 0 Å². The molecule has 0 aliphatic heterocycles. The van der Waals surface area contributed by atoms with E-state index in [4.69, 9.17) is 4.74 Å². The smallest absolute Gasteiger partial charge is 0.262 e. The Morgan fingerprint density at radius 2 is 1.61 bits per heavy atom. The van der Waals surface area contributed by atoms with Gasteiger partial charge in [0.15, 0.2) is 6.61 Å². The number of amides is 1. The lowest BCUT2D eigenvalue weighted by Gasteiger charge is -2.11. The van der Waals surface area contributed by atoms with Gasteiger partial charge in [0.2, 0.25) is 0 Å². The highest BCUT2D eigenvalue weighted by Gasteiger charge is 2.15. The van der Waals surface area contributed by atoms with E-state index in [9.17, 15) is 13.2 Å². The van der Waals surface area contributed by atoms with Crippen LogP contribution in [0.1, 0.15) is 11.1 Å². The van der Waals surface area contributed by atoms with E-state index in [1.807, 2.05) is 44.4 Å². The summed E-state index contributed by atoms with van der Waals surface area (Å²) in [5.41, 5.74) is 3.15. The van der Waals surface area contributed by atoms with Gasteiger partial charge in [-0.3, -0.25) is 9.52 Å². The predicted octanol–water partition coefficient (Wildman–Crippen LogP) is 4.84. The van der Waals surface area contributed by atoms with Crippen LogP contribution in [0.2, 0.25) is 0 Å². The average Bonchev–Trinajstić information content (AvgIpc) is 2.71. The first-order valence-electron chi connectivity index (χ1n) is 9.53. The summed E-state index contributed by atoms with van der Waals surface area (Å²) in [6.45, 7) is 3.63. The van der Waals surface area contributed by atoms with Crippen LogP contribution in [0, 0.1) is 13.8 Å². The van der Waals surface area contributed by atoms with Gasteiger partial charge in [0.05, 0.1) is 4.90 Å². The molecule has 3 rings (SSSR count). The molecule has 8 heteroatoms. The van der Waals surface area contributed by atoms with Crippen molar-refractivity contribution in [3.8, 4) is 5.75 Å². The van der Waals surface area contributed by atoms with Gasteiger partial charge in [0, 0.05) is 16.3 Å². The van der Waals surface area contributed by atoms with Gasteiger partial charge >= 0.3 is 0 Å². The zero-order valence-electron chi connectivity index (χ0n) is 17.5. The Kier molecular flexibility index (Phi) is 7.25. The van der Waals surface area contributed by atoms with Crippen molar-refractivity contribution in [3.05, 3.63) is 77.9 Å². The minimum absolute atomic E-state index is 0.109. The Morgan fingerprint density at radius 3 is 2.26 bits per heavy atom. The molecule has 0 heterocycles. The first kappa shape index (κ1) is 22.7. The fraction of sp³-hybridized carbons (Fsp3) is 0.174. The van der Waals surface area contributed by atoms with Crippen molar-refractivity contribution in [2.24, 2.45) is 0 Å². The van der Waals surface area contributed by atoms with Gasteiger partial charge < -0.3 is 10.1 Å². The van der Waals surface area contributed by atoms with Crippen LogP contribution < -0.4 is 14.8 Å². The molecule has 0 radical (unpaired) electrons. The minimum Gasteiger partial charge on any atom is -0.484 e. The number of rotatable bonds is 8. The largest absolute Gasteiger partial charge is 0.484 e. The molecule has 0 aliphatic rings. The third-order valence-electron chi connectivity index (χ3n) is 4.33. The Hall–Kier alpha value is -2.97. The lowest BCUT2D eigenvalue weighted by molar-refractivity contribution is -0.118. The molecule has 0 spiro atoms. The average molecular weight is 457 g/mol. The zero-order chi connectivity index (χ0) is 22.4. The molecule has 0 aliphatic carbocycles. The maximum atomic E-state index is 12.6. The number of carbonyl (C=O) groups is 1. The molecule has 0 saturated heterocycles. The number of nitrogens with one attached hydrogen (secondary N) is 2. The van der Waals surface area contributed by atoms with E-state index < -0.39 is 10.0 Å². The molecule has 162 valence electrons. The number of aryl methyl sites for hydroxylation is 2. The van der Waals surface area contributed by atoms with Gasteiger partial charge in [0.25, 0.3) is 15.9 Å². The Morgan fingerprint density at radius 1 is 0.935 bits per heavy atom. The topological polar surface area (TPSA) is 84.5 Å². The van der Waals surface area contributed by atoms with Crippen molar-refractivity contribution >= 4 is 39.1 Å². The molecular weight excluding hydrogens is 432 g/mol. The Balaban J connectivity index is 1.59. The maximum absolute atomic E-state index is 12.6. The third-order valence-corrected chi connectivity index (χ3v) is 6.45. The lowest BCUT2D eigenvalue weighted by Crippen LogP contribution is -2.20. The summed E-state index contributed by atoms with van der Waals surface area (Å²) in [7, 11) is -3.73. The summed E-state index contributed by atoms with van der Waals surface area (Å²) in [6, 6.07) is 19.0. The first-order chi connectivity index (χ1) is 14.7. The fourth-order valence-electron chi connectivity index (χ4n) is 3.01. The van der Waals surface area contributed by atoms with Crippen LogP contribution in [0.4, 0.5) is 11.4 Å². The molecule has 31 heavy (non-hydrogen) atoms.